The van der Waals surface area contributed by atoms with Crippen molar-refractivity contribution in [2.75, 3.05) is 7.11 Å². The van der Waals surface area contributed by atoms with Crippen LogP contribution in [0.2, 0.25) is 0 Å². The Bertz CT molecular complexity index is 390. The van der Waals surface area contributed by atoms with Crippen molar-refractivity contribution in [3.8, 4) is 0 Å². The van der Waals surface area contributed by atoms with Crippen LogP contribution in [0.1, 0.15) is 18.9 Å². The highest BCUT2D eigenvalue weighted by molar-refractivity contribution is 5.87. The maximum Gasteiger partial charge on any atom is 0.190 e. The molecular weight excluding hydrogens is 232 g/mol. The lowest BCUT2D eigenvalue weighted by Crippen LogP contribution is -2.45. The summed E-state index contributed by atoms with van der Waals surface area (Å²) in [5, 5.41) is 0. The third kappa shape index (κ3) is 3.16. The smallest absolute Gasteiger partial charge is 0.190 e. The molecule has 1 saturated heterocycles. The number of hydrogen-bond donors (Lipinski definition) is 0. The van der Waals surface area contributed by atoms with Crippen molar-refractivity contribution in [1.82, 2.24) is 0 Å². The molecule has 0 spiro atoms. The number of hydrogen-bond acceptors (Lipinski definition) is 4. The molecular formula is C14H18O4. The Hall–Kier alpha value is -1.23. The summed E-state index contributed by atoms with van der Waals surface area (Å²) in [5.41, 5.74) is 1.05. The topological polar surface area (TPSA) is 44.8 Å². The van der Waals surface area contributed by atoms with Crippen LogP contribution < -0.4 is 0 Å². The Morgan fingerprint density at radius 3 is 2.72 bits per heavy atom. The monoisotopic (exact) mass is 250 g/mol. The second-order valence-corrected chi connectivity index (χ2v) is 4.37. The first-order valence-electron chi connectivity index (χ1n) is 6.08. The molecule has 0 radical (unpaired) electrons. The fourth-order valence-corrected chi connectivity index (χ4v) is 1.98. The highest BCUT2D eigenvalue weighted by Gasteiger charge is 2.35. The van der Waals surface area contributed by atoms with Gasteiger partial charge in [0.2, 0.25) is 0 Å². The molecule has 98 valence electrons. The van der Waals surface area contributed by atoms with Gasteiger partial charge in [0.15, 0.2) is 12.1 Å². The van der Waals surface area contributed by atoms with E-state index in [1.807, 2.05) is 30.3 Å². The van der Waals surface area contributed by atoms with E-state index in [0.29, 0.717) is 13.0 Å². The van der Waals surface area contributed by atoms with Gasteiger partial charge in [0, 0.05) is 13.5 Å². The maximum atomic E-state index is 11.9. The first kappa shape index (κ1) is 13.2. The predicted octanol–water partition coefficient (Wildman–Crippen LogP) is 1.92. The molecule has 4 heteroatoms. The molecule has 1 aliphatic rings. The summed E-state index contributed by atoms with van der Waals surface area (Å²) >= 11 is 0. The van der Waals surface area contributed by atoms with Crippen LogP contribution in [0, 0.1) is 0 Å². The largest absolute Gasteiger partial charge is 0.365 e. The standard InChI is InChI=1S/C14H18O4/c1-10-14(15)12(8-13(16-2)18-10)17-9-11-6-4-3-5-7-11/h3-7,10,12-13H,8-9H2,1-2H3/t10-,12-,13+/m1/s1. The zero-order chi connectivity index (χ0) is 13.0. The Morgan fingerprint density at radius 2 is 2.06 bits per heavy atom. The third-order valence-corrected chi connectivity index (χ3v) is 3.04. The molecule has 1 aromatic rings. The molecule has 0 bridgehead atoms. The van der Waals surface area contributed by atoms with Crippen molar-refractivity contribution in [2.45, 2.75) is 38.4 Å². The molecule has 1 aromatic carbocycles. The molecule has 4 nitrogen and oxygen atoms in total. The number of carbonyl (C=O) groups excluding carboxylic acids is 1. The van der Waals surface area contributed by atoms with Gasteiger partial charge in [0.1, 0.15) is 12.2 Å². The van der Waals surface area contributed by atoms with Gasteiger partial charge in [-0.2, -0.15) is 0 Å². The predicted molar refractivity (Wildman–Crippen MR) is 66.0 cm³/mol. The number of methoxy groups -OCH3 is 1. The lowest BCUT2D eigenvalue weighted by atomic mass is 10.0. The van der Waals surface area contributed by atoms with Gasteiger partial charge in [0.05, 0.1) is 6.61 Å². The minimum atomic E-state index is -0.468. The number of ketones is 1. The minimum Gasteiger partial charge on any atom is -0.365 e. The van der Waals surface area contributed by atoms with Gasteiger partial charge < -0.3 is 14.2 Å². The van der Waals surface area contributed by atoms with Gasteiger partial charge in [0.25, 0.3) is 0 Å². The Balaban J connectivity index is 1.93. The van der Waals surface area contributed by atoms with Crippen molar-refractivity contribution in [1.29, 1.82) is 0 Å². The first-order chi connectivity index (χ1) is 8.70. The Kier molecular flexibility index (Phi) is 4.47. The van der Waals surface area contributed by atoms with Gasteiger partial charge in [-0.25, -0.2) is 0 Å². The summed E-state index contributed by atoms with van der Waals surface area (Å²) in [6.07, 6.45) is -0.825. The highest BCUT2D eigenvalue weighted by Crippen LogP contribution is 2.20. The Labute approximate surface area is 107 Å². The first-order valence-corrected chi connectivity index (χ1v) is 6.08. The second kappa shape index (κ2) is 6.09. The van der Waals surface area contributed by atoms with Crippen LogP contribution in [0.4, 0.5) is 0 Å². The van der Waals surface area contributed by atoms with Crippen LogP contribution in [0.15, 0.2) is 30.3 Å². The van der Waals surface area contributed by atoms with E-state index >= 15 is 0 Å². The minimum absolute atomic E-state index is 0.0146. The Morgan fingerprint density at radius 1 is 1.33 bits per heavy atom. The molecule has 3 atom stereocenters. The number of ether oxygens (including phenoxy) is 3. The van der Waals surface area contributed by atoms with E-state index in [4.69, 9.17) is 14.2 Å². The summed E-state index contributed by atoms with van der Waals surface area (Å²) in [5.74, 6) is -0.0146. The van der Waals surface area contributed by atoms with E-state index in [-0.39, 0.29) is 12.1 Å². The average Bonchev–Trinajstić information content (AvgIpc) is 2.41. The van der Waals surface area contributed by atoms with Crippen molar-refractivity contribution >= 4 is 5.78 Å². The summed E-state index contributed by atoms with van der Waals surface area (Å²) in [4.78, 5) is 11.9. The fourth-order valence-electron chi connectivity index (χ4n) is 1.98. The SMILES string of the molecule is CO[C@@H]1C[C@@H](OCc2ccccc2)C(=O)[C@@H](C)O1. The van der Waals surface area contributed by atoms with Crippen molar-refractivity contribution in [2.24, 2.45) is 0 Å². The average molecular weight is 250 g/mol. The van der Waals surface area contributed by atoms with Crippen LogP contribution in [0.25, 0.3) is 0 Å². The van der Waals surface area contributed by atoms with Crippen LogP contribution in [0.5, 0.6) is 0 Å². The molecule has 0 saturated carbocycles. The van der Waals surface area contributed by atoms with Gasteiger partial charge in [-0.3, -0.25) is 4.79 Å². The second-order valence-electron chi connectivity index (χ2n) is 4.37. The van der Waals surface area contributed by atoms with Crippen molar-refractivity contribution in [3.63, 3.8) is 0 Å². The summed E-state index contributed by atoms with van der Waals surface area (Å²) < 4.78 is 16.2. The third-order valence-electron chi connectivity index (χ3n) is 3.04. The fraction of sp³-hybridized carbons (Fsp3) is 0.500. The van der Waals surface area contributed by atoms with Crippen molar-refractivity contribution in [3.05, 3.63) is 35.9 Å². The molecule has 0 N–H and O–H groups in total. The lowest BCUT2D eigenvalue weighted by molar-refractivity contribution is -0.205. The molecule has 0 aromatic heterocycles. The highest BCUT2D eigenvalue weighted by atomic mass is 16.7. The molecule has 1 fully saturated rings. The molecule has 18 heavy (non-hydrogen) atoms. The molecule has 0 unspecified atom stereocenters. The number of Topliss-reactive ketones (excluding diaryl/α,β-unsaturated/α-hetero) is 1. The molecule has 2 rings (SSSR count). The van der Waals surface area contributed by atoms with E-state index in [9.17, 15) is 4.79 Å². The molecule has 1 aliphatic heterocycles. The number of rotatable bonds is 4. The lowest BCUT2D eigenvalue weighted by Gasteiger charge is -2.31. The van der Waals surface area contributed by atoms with E-state index in [1.54, 1.807) is 14.0 Å². The van der Waals surface area contributed by atoms with E-state index < -0.39 is 12.2 Å². The van der Waals surface area contributed by atoms with Gasteiger partial charge >= 0.3 is 0 Å². The van der Waals surface area contributed by atoms with Gasteiger partial charge in [-0.05, 0) is 12.5 Å². The maximum absolute atomic E-state index is 11.9. The normalized spacial score (nSPS) is 28.3. The zero-order valence-electron chi connectivity index (χ0n) is 10.7. The summed E-state index contributed by atoms with van der Waals surface area (Å²) in [7, 11) is 1.57. The number of carbonyl (C=O) groups is 1. The summed E-state index contributed by atoms with van der Waals surface area (Å²) in [6.45, 7) is 2.16. The molecule has 0 amide bonds. The van der Waals surface area contributed by atoms with Crippen molar-refractivity contribution < 1.29 is 19.0 Å². The number of benzene rings is 1. The van der Waals surface area contributed by atoms with Crippen LogP contribution in [0.3, 0.4) is 0 Å². The molecule has 1 heterocycles. The summed E-state index contributed by atoms with van der Waals surface area (Å²) in [6, 6.07) is 9.80. The van der Waals surface area contributed by atoms with E-state index in [0.717, 1.165) is 5.56 Å². The van der Waals surface area contributed by atoms with Crippen LogP contribution >= 0.6 is 0 Å². The van der Waals surface area contributed by atoms with Crippen LogP contribution in [-0.2, 0) is 25.6 Å². The van der Waals surface area contributed by atoms with Gasteiger partial charge in [-0.1, -0.05) is 30.3 Å². The van der Waals surface area contributed by atoms with Crippen LogP contribution in [-0.4, -0.2) is 31.4 Å². The van der Waals surface area contributed by atoms with E-state index in [1.165, 1.54) is 0 Å². The quantitative estimate of drug-likeness (QED) is 0.819. The molecule has 0 aliphatic carbocycles. The van der Waals surface area contributed by atoms with Gasteiger partial charge in [-0.15, -0.1) is 0 Å². The zero-order valence-corrected chi connectivity index (χ0v) is 10.7. The van der Waals surface area contributed by atoms with E-state index in [2.05, 4.69) is 0 Å².